The van der Waals surface area contributed by atoms with Gasteiger partial charge in [-0.3, -0.25) is 0 Å². The Morgan fingerprint density at radius 2 is 1.93 bits per heavy atom. The van der Waals surface area contributed by atoms with Crippen LogP contribution in [0.25, 0.3) is 0 Å². The van der Waals surface area contributed by atoms with Gasteiger partial charge in [-0.05, 0) is 31.2 Å². The van der Waals surface area contributed by atoms with Crippen LogP contribution in [-0.2, 0) is 0 Å². The first kappa shape index (κ1) is 13.0. The van der Waals surface area contributed by atoms with Crippen LogP contribution in [0.4, 0.5) is 0 Å². The van der Waals surface area contributed by atoms with E-state index in [2.05, 4.69) is 26.1 Å². The lowest BCUT2D eigenvalue weighted by Crippen LogP contribution is -2.32. The fourth-order valence-corrected chi connectivity index (χ4v) is 2.50. The topological polar surface area (TPSA) is 12.0 Å². The molecule has 0 saturated heterocycles. The molecule has 0 bridgehead atoms. The van der Waals surface area contributed by atoms with Gasteiger partial charge in [0.25, 0.3) is 0 Å². The summed E-state index contributed by atoms with van der Waals surface area (Å²) in [6, 6.07) is 0.805. The fraction of sp³-hybridized carbons (Fsp3) is 1.00. The monoisotopic (exact) mass is 211 g/mol. The molecule has 90 valence electrons. The fourth-order valence-electron chi connectivity index (χ4n) is 2.50. The normalized spacial score (nSPS) is 19.2. The van der Waals surface area contributed by atoms with Crippen LogP contribution in [0.5, 0.6) is 0 Å². The van der Waals surface area contributed by atoms with E-state index in [1.165, 1.54) is 44.9 Å². The summed E-state index contributed by atoms with van der Waals surface area (Å²) in [6.07, 6.45) is 10.1. The lowest BCUT2D eigenvalue weighted by atomic mass is 9.80. The molecule has 0 aromatic heterocycles. The smallest absolute Gasteiger partial charge is 0.00695 e. The van der Waals surface area contributed by atoms with Crippen LogP contribution in [0, 0.1) is 11.8 Å². The van der Waals surface area contributed by atoms with Crippen molar-refractivity contribution in [3.63, 3.8) is 0 Å². The van der Waals surface area contributed by atoms with E-state index in [0.29, 0.717) is 0 Å². The molecule has 1 atom stereocenters. The molecule has 1 aliphatic rings. The van der Waals surface area contributed by atoms with Gasteiger partial charge < -0.3 is 5.32 Å². The lowest BCUT2D eigenvalue weighted by molar-refractivity contribution is 0.252. The van der Waals surface area contributed by atoms with E-state index >= 15 is 0 Å². The van der Waals surface area contributed by atoms with Crippen molar-refractivity contribution in [3.05, 3.63) is 0 Å². The Bertz CT molecular complexity index is 149. The summed E-state index contributed by atoms with van der Waals surface area (Å²) < 4.78 is 0. The minimum absolute atomic E-state index is 0.805. The minimum Gasteiger partial charge on any atom is -0.314 e. The Morgan fingerprint density at radius 3 is 2.40 bits per heavy atom. The predicted molar refractivity (Wildman–Crippen MR) is 68.1 cm³/mol. The Hall–Kier alpha value is -0.0400. The summed E-state index contributed by atoms with van der Waals surface area (Å²) in [7, 11) is 0. The maximum absolute atomic E-state index is 3.66. The van der Waals surface area contributed by atoms with Gasteiger partial charge >= 0.3 is 0 Å². The molecule has 1 nitrogen and oxygen atoms in total. The van der Waals surface area contributed by atoms with Crippen LogP contribution in [0.15, 0.2) is 0 Å². The second-order valence-electron chi connectivity index (χ2n) is 5.61. The zero-order valence-electron chi connectivity index (χ0n) is 10.9. The van der Waals surface area contributed by atoms with Gasteiger partial charge in [0.1, 0.15) is 0 Å². The first-order valence-electron chi connectivity index (χ1n) is 6.95. The molecule has 0 spiro atoms. The van der Waals surface area contributed by atoms with Crippen LogP contribution >= 0.6 is 0 Å². The SMILES string of the molecule is CCNC(CCCC(C)C)CC1CCC1. The maximum Gasteiger partial charge on any atom is 0.00695 e. The molecule has 1 saturated carbocycles. The third-order valence-electron chi connectivity index (χ3n) is 3.67. The van der Waals surface area contributed by atoms with E-state index in [1.807, 2.05) is 0 Å². The molecule has 0 radical (unpaired) electrons. The highest BCUT2D eigenvalue weighted by atomic mass is 14.9. The first-order chi connectivity index (χ1) is 7.22. The molecule has 15 heavy (non-hydrogen) atoms. The van der Waals surface area contributed by atoms with Gasteiger partial charge in [-0.15, -0.1) is 0 Å². The van der Waals surface area contributed by atoms with Crippen LogP contribution in [0.1, 0.15) is 65.7 Å². The van der Waals surface area contributed by atoms with Gasteiger partial charge in [-0.2, -0.15) is 0 Å². The van der Waals surface area contributed by atoms with Crippen molar-refractivity contribution in [2.75, 3.05) is 6.54 Å². The van der Waals surface area contributed by atoms with E-state index in [1.54, 1.807) is 0 Å². The summed E-state index contributed by atoms with van der Waals surface area (Å²) in [5, 5.41) is 3.66. The Balaban J connectivity index is 2.11. The van der Waals surface area contributed by atoms with Crippen molar-refractivity contribution in [1.29, 1.82) is 0 Å². The molecule has 0 aromatic carbocycles. The largest absolute Gasteiger partial charge is 0.314 e. The second kappa shape index (κ2) is 7.27. The average molecular weight is 211 g/mol. The van der Waals surface area contributed by atoms with Crippen molar-refractivity contribution < 1.29 is 0 Å². The molecule has 1 fully saturated rings. The van der Waals surface area contributed by atoms with Crippen molar-refractivity contribution in [2.24, 2.45) is 11.8 Å². The molecule has 0 aromatic rings. The molecular weight excluding hydrogens is 182 g/mol. The lowest BCUT2D eigenvalue weighted by Gasteiger charge is -2.30. The van der Waals surface area contributed by atoms with Gasteiger partial charge in [-0.1, -0.05) is 52.9 Å². The van der Waals surface area contributed by atoms with Gasteiger partial charge in [0.2, 0.25) is 0 Å². The van der Waals surface area contributed by atoms with E-state index in [9.17, 15) is 0 Å². The van der Waals surface area contributed by atoms with Gasteiger partial charge in [-0.25, -0.2) is 0 Å². The van der Waals surface area contributed by atoms with E-state index in [4.69, 9.17) is 0 Å². The Kier molecular flexibility index (Phi) is 6.31. The highest BCUT2D eigenvalue weighted by Crippen LogP contribution is 2.31. The summed E-state index contributed by atoms with van der Waals surface area (Å²) >= 11 is 0. The maximum atomic E-state index is 3.66. The molecule has 1 unspecified atom stereocenters. The van der Waals surface area contributed by atoms with Gasteiger partial charge in [0.05, 0.1) is 0 Å². The van der Waals surface area contributed by atoms with Gasteiger partial charge in [0, 0.05) is 6.04 Å². The quantitative estimate of drug-likeness (QED) is 0.640. The van der Waals surface area contributed by atoms with Crippen molar-refractivity contribution >= 4 is 0 Å². The van der Waals surface area contributed by atoms with E-state index in [0.717, 1.165) is 24.4 Å². The third-order valence-corrected chi connectivity index (χ3v) is 3.67. The second-order valence-corrected chi connectivity index (χ2v) is 5.61. The van der Waals surface area contributed by atoms with Crippen LogP contribution in [0.2, 0.25) is 0 Å². The van der Waals surface area contributed by atoms with Crippen molar-refractivity contribution in [3.8, 4) is 0 Å². The standard InChI is InChI=1S/C14H29N/c1-4-15-14(10-5-7-12(2)3)11-13-8-6-9-13/h12-15H,4-11H2,1-3H3. The highest BCUT2D eigenvalue weighted by Gasteiger charge is 2.21. The summed E-state index contributed by atoms with van der Waals surface area (Å²) in [6.45, 7) is 8.03. The molecule has 1 aliphatic carbocycles. The number of rotatable bonds is 8. The Labute approximate surface area is 96.0 Å². The predicted octanol–water partition coefficient (Wildman–Crippen LogP) is 3.98. The van der Waals surface area contributed by atoms with Gasteiger partial charge in [0.15, 0.2) is 0 Å². The van der Waals surface area contributed by atoms with Crippen LogP contribution < -0.4 is 5.32 Å². The molecule has 0 aliphatic heterocycles. The average Bonchev–Trinajstić information content (AvgIpc) is 2.10. The molecule has 0 amide bonds. The Morgan fingerprint density at radius 1 is 1.20 bits per heavy atom. The summed E-state index contributed by atoms with van der Waals surface area (Å²) in [4.78, 5) is 0. The number of nitrogens with one attached hydrogen (secondary N) is 1. The highest BCUT2D eigenvalue weighted by molar-refractivity contribution is 4.77. The van der Waals surface area contributed by atoms with Crippen LogP contribution in [-0.4, -0.2) is 12.6 Å². The summed E-state index contributed by atoms with van der Waals surface area (Å²) in [5.74, 6) is 1.92. The zero-order valence-corrected chi connectivity index (χ0v) is 10.9. The number of hydrogen-bond acceptors (Lipinski definition) is 1. The zero-order chi connectivity index (χ0) is 11.1. The number of hydrogen-bond donors (Lipinski definition) is 1. The first-order valence-corrected chi connectivity index (χ1v) is 6.95. The molecular formula is C14H29N. The molecule has 1 heteroatoms. The van der Waals surface area contributed by atoms with Crippen molar-refractivity contribution in [1.82, 2.24) is 5.32 Å². The summed E-state index contributed by atoms with van der Waals surface area (Å²) in [5.41, 5.74) is 0. The van der Waals surface area contributed by atoms with Crippen molar-refractivity contribution in [2.45, 2.75) is 71.8 Å². The molecule has 1 N–H and O–H groups in total. The third kappa shape index (κ3) is 5.55. The molecule has 0 heterocycles. The van der Waals surface area contributed by atoms with E-state index in [-0.39, 0.29) is 0 Å². The minimum atomic E-state index is 0.805. The van der Waals surface area contributed by atoms with E-state index < -0.39 is 0 Å². The van der Waals surface area contributed by atoms with Crippen LogP contribution in [0.3, 0.4) is 0 Å². The molecule has 1 rings (SSSR count).